The zero-order valence-corrected chi connectivity index (χ0v) is 15.2. The van der Waals surface area contributed by atoms with Gasteiger partial charge in [-0.2, -0.15) is 0 Å². The molecule has 0 aliphatic rings. The number of benzene rings is 1. The van der Waals surface area contributed by atoms with Gasteiger partial charge in [-0.15, -0.1) is 0 Å². The van der Waals surface area contributed by atoms with Gasteiger partial charge in [-0.3, -0.25) is 9.59 Å². The maximum absolute atomic E-state index is 12.6. The Kier molecular flexibility index (Phi) is 7.61. The second-order valence-corrected chi connectivity index (χ2v) is 6.11. The van der Waals surface area contributed by atoms with Gasteiger partial charge >= 0.3 is 5.97 Å². The van der Waals surface area contributed by atoms with Gasteiger partial charge in [-0.1, -0.05) is 37.3 Å². The monoisotopic (exact) mass is 355 g/mol. The topological polar surface area (TPSA) is 64.4 Å². The van der Waals surface area contributed by atoms with E-state index in [1.807, 2.05) is 41.1 Å². The molecule has 0 radical (unpaired) electrons. The minimum absolute atomic E-state index is 0.116. The van der Waals surface area contributed by atoms with Crippen molar-refractivity contribution in [2.75, 3.05) is 20.2 Å². The molecule has 138 valence electrons. The van der Waals surface area contributed by atoms with Crippen LogP contribution in [0.2, 0.25) is 0 Å². The fraction of sp³-hybridized carbons (Fsp3) is 0.350. The summed E-state index contributed by atoms with van der Waals surface area (Å²) in [6, 6.07) is 9.65. The summed E-state index contributed by atoms with van der Waals surface area (Å²) in [5, 5.41) is 0. The van der Waals surface area contributed by atoms with E-state index in [0.29, 0.717) is 13.1 Å². The summed E-state index contributed by atoms with van der Waals surface area (Å²) in [6.07, 6.45) is 9.47. The zero-order chi connectivity index (χ0) is 18.8. The Labute approximate surface area is 154 Å². The number of esters is 1. The van der Waals surface area contributed by atoms with E-state index in [1.54, 1.807) is 36.5 Å². The van der Waals surface area contributed by atoms with E-state index in [1.165, 1.54) is 7.11 Å². The molecule has 0 bridgehead atoms. The lowest BCUT2D eigenvalue weighted by atomic mass is 10.1. The van der Waals surface area contributed by atoms with Crippen LogP contribution in [0.4, 0.5) is 0 Å². The summed E-state index contributed by atoms with van der Waals surface area (Å²) in [4.78, 5) is 30.0. The van der Waals surface area contributed by atoms with Crippen molar-refractivity contribution >= 4 is 18.0 Å². The SMILES string of the molecule is COC(=O)C(C)CN(CCCn1ccnc1)C(=O)/C=C/c1ccccc1. The quantitative estimate of drug-likeness (QED) is 0.512. The Morgan fingerprint density at radius 2 is 2.08 bits per heavy atom. The van der Waals surface area contributed by atoms with Crippen molar-refractivity contribution in [2.24, 2.45) is 5.92 Å². The standard InChI is InChI=1S/C20H25N3O3/c1-17(20(25)26-2)15-23(13-6-12-22-14-11-21-16-22)19(24)10-9-18-7-4-3-5-8-18/h3-5,7-11,14,16-17H,6,12-13,15H2,1-2H3/b10-9+. The van der Waals surface area contributed by atoms with Crippen molar-refractivity contribution in [3.63, 3.8) is 0 Å². The predicted octanol–water partition coefficient (Wildman–Crippen LogP) is 2.62. The molecule has 26 heavy (non-hydrogen) atoms. The molecule has 6 nitrogen and oxygen atoms in total. The molecule has 0 N–H and O–H groups in total. The maximum atomic E-state index is 12.6. The van der Waals surface area contributed by atoms with Crippen LogP contribution in [0.5, 0.6) is 0 Å². The van der Waals surface area contributed by atoms with Crippen LogP contribution in [0.15, 0.2) is 55.1 Å². The first-order valence-electron chi connectivity index (χ1n) is 8.65. The van der Waals surface area contributed by atoms with Crippen molar-refractivity contribution in [3.8, 4) is 0 Å². The molecule has 0 saturated heterocycles. The van der Waals surface area contributed by atoms with Crippen LogP contribution >= 0.6 is 0 Å². The van der Waals surface area contributed by atoms with Gasteiger partial charge in [0.15, 0.2) is 0 Å². The first kappa shape index (κ1) is 19.4. The van der Waals surface area contributed by atoms with E-state index in [-0.39, 0.29) is 17.8 Å². The van der Waals surface area contributed by atoms with E-state index < -0.39 is 0 Å². The average Bonchev–Trinajstić information content (AvgIpc) is 3.18. The molecule has 1 amide bonds. The Morgan fingerprint density at radius 3 is 2.73 bits per heavy atom. The van der Waals surface area contributed by atoms with Crippen LogP contribution in [0.3, 0.4) is 0 Å². The Balaban J connectivity index is 1.99. The molecule has 0 fully saturated rings. The van der Waals surface area contributed by atoms with E-state index in [2.05, 4.69) is 4.98 Å². The number of imidazole rings is 1. The van der Waals surface area contributed by atoms with Gasteiger partial charge in [-0.25, -0.2) is 4.98 Å². The number of hydrogen-bond acceptors (Lipinski definition) is 4. The zero-order valence-electron chi connectivity index (χ0n) is 15.2. The lowest BCUT2D eigenvalue weighted by Gasteiger charge is -2.24. The number of ether oxygens (including phenoxy) is 1. The van der Waals surface area contributed by atoms with Crippen LogP contribution < -0.4 is 0 Å². The summed E-state index contributed by atoms with van der Waals surface area (Å²) in [5.74, 6) is -0.804. The molecule has 2 aromatic rings. The molecule has 6 heteroatoms. The Morgan fingerprint density at radius 1 is 1.31 bits per heavy atom. The van der Waals surface area contributed by atoms with Gasteiger partial charge in [0.2, 0.25) is 5.91 Å². The lowest BCUT2D eigenvalue weighted by molar-refractivity contribution is -0.146. The van der Waals surface area contributed by atoms with Crippen LogP contribution in [-0.2, 0) is 20.9 Å². The van der Waals surface area contributed by atoms with Crippen LogP contribution in [-0.4, -0.2) is 46.5 Å². The number of carbonyl (C=O) groups is 2. The van der Waals surface area contributed by atoms with Gasteiger partial charge in [0.25, 0.3) is 0 Å². The molecule has 0 aliphatic carbocycles. The second kappa shape index (κ2) is 10.2. The van der Waals surface area contributed by atoms with E-state index in [0.717, 1.165) is 18.5 Å². The number of carbonyl (C=O) groups excluding carboxylic acids is 2. The molecular formula is C20H25N3O3. The van der Waals surface area contributed by atoms with E-state index in [9.17, 15) is 9.59 Å². The number of methoxy groups -OCH3 is 1. The average molecular weight is 355 g/mol. The predicted molar refractivity (Wildman–Crippen MR) is 100 cm³/mol. The second-order valence-electron chi connectivity index (χ2n) is 6.11. The number of aromatic nitrogens is 2. The van der Waals surface area contributed by atoms with Gasteiger partial charge in [0.05, 0.1) is 19.4 Å². The van der Waals surface area contributed by atoms with Crippen molar-refractivity contribution in [2.45, 2.75) is 19.9 Å². The lowest BCUT2D eigenvalue weighted by Crippen LogP contribution is -2.37. The van der Waals surface area contributed by atoms with Gasteiger partial charge in [-0.05, 0) is 18.1 Å². The number of hydrogen-bond donors (Lipinski definition) is 0. The highest BCUT2D eigenvalue weighted by Gasteiger charge is 2.20. The fourth-order valence-corrected chi connectivity index (χ4v) is 2.60. The number of aryl methyl sites for hydroxylation is 1. The van der Waals surface area contributed by atoms with E-state index in [4.69, 9.17) is 4.74 Å². The summed E-state index contributed by atoms with van der Waals surface area (Å²) in [6.45, 7) is 3.41. The largest absolute Gasteiger partial charge is 0.469 e. The normalized spacial score (nSPS) is 12.1. The molecule has 1 unspecified atom stereocenters. The van der Waals surface area contributed by atoms with Gasteiger partial charge < -0.3 is 14.2 Å². The smallest absolute Gasteiger partial charge is 0.310 e. The van der Waals surface area contributed by atoms with Crippen molar-refractivity contribution in [3.05, 3.63) is 60.7 Å². The maximum Gasteiger partial charge on any atom is 0.310 e. The molecule has 1 aromatic carbocycles. The third kappa shape index (κ3) is 6.20. The molecule has 1 aromatic heterocycles. The number of amides is 1. The molecule has 0 saturated carbocycles. The van der Waals surface area contributed by atoms with Gasteiger partial charge in [0, 0.05) is 38.1 Å². The van der Waals surface area contributed by atoms with Gasteiger partial charge in [0.1, 0.15) is 0 Å². The molecule has 0 aliphatic heterocycles. The molecule has 1 heterocycles. The first-order chi connectivity index (χ1) is 12.6. The molecule has 1 atom stereocenters. The third-order valence-electron chi connectivity index (χ3n) is 4.03. The van der Waals surface area contributed by atoms with E-state index >= 15 is 0 Å². The Bertz CT molecular complexity index is 711. The third-order valence-corrected chi connectivity index (χ3v) is 4.03. The van der Waals surface area contributed by atoms with Crippen molar-refractivity contribution in [1.29, 1.82) is 0 Å². The molecule has 0 spiro atoms. The van der Waals surface area contributed by atoms with Crippen LogP contribution in [0.1, 0.15) is 18.9 Å². The highest BCUT2D eigenvalue weighted by molar-refractivity contribution is 5.92. The first-order valence-corrected chi connectivity index (χ1v) is 8.65. The minimum Gasteiger partial charge on any atom is -0.469 e. The highest BCUT2D eigenvalue weighted by Crippen LogP contribution is 2.07. The summed E-state index contributed by atoms with van der Waals surface area (Å²) >= 11 is 0. The minimum atomic E-state index is -0.373. The molecule has 2 rings (SSSR count). The van der Waals surface area contributed by atoms with Crippen LogP contribution in [0, 0.1) is 5.92 Å². The molecular weight excluding hydrogens is 330 g/mol. The van der Waals surface area contributed by atoms with Crippen molar-refractivity contribution < 1.29 is 14.3 Å². The summed E-state index contributed by atoms with van der Waals surface area (Å²) in [5.41, 5.74) is 0.959. The number of nitrogens with zero attached hydrogens (tertiary/aromatic N) is 3. The fourth-order valence-electron chi connectivity index (χ4n) is 2.60. The number of rotatable bonds is 9. The summed E-state index contributed by atoms with van der Waals surface area (Å²) in [7, 11) is 1.36. The van der Waals surface area contributed by atoms with Crippen LogP contribution in [0.25, 0.3) is 6.08 Å². The van der Waals surface area contributed by atoms with Crippen molar-refractivity contribution in [1.82, 2.24) is 14.5 Å². The Hall–Kier alpha value is -2.89. The highest BCUT2D eigenvalue weighted by atomic mass is 16.5. The summed E-state index contributed by atoms with van der Waals surface area (Å²) < 4.78 is 6.74.